The fourth-order valence-corrected chi connectivity index (χ4v) is 2.04. The number of benzene rings is 1. The van der Waals surface area contributed by atoms with Crippen molar-refractivity contribution in [1.82, 2.24) is 4.90 Å². The Balaban J connectivity index is 1.94. The second-order valence-corrected chi connectivity index (χ2v) is 4.42. The van der Waals surface area contributed by atoms with Crippen molar-refractivity contribution < 1.29 is 9.47 Å². The van der Waals surface area contributed by atoms with E-state index in [0.717, 1.165) is 32.0 Å². The molecule has 94 valence electrons. The SMILES string of the molecule is COc1ccc(CN2CCOC[C@H](N)C2)cc1. The Hall–Kier alpha value is -1.10. The van der Waals surface area contributed by atoms with Gasteiger partial charge in [0.1, 0.15) is 5.75 Å². The third kappa shape index (κ3) is 3.70. The van der Waals surface area contributed by atoms with Crippen LogP contribution in [0.25, 0.3) is 0 Å². The van der Waals surface area contributed by atoms with Crippen LogP contribution in [0.4, 0.5) is 0 Å². The van der Waals surface area contributed by atoms with Crippen LogP contribution in [-0.2, 0) is 11.3 Å². The van der Waals surface area contributed by atoms with Crippen LogP contribution in [0.3, 0.4) is 0 Å². The molecule has 1 aromatic rings. The van der Waals surface area contributed by atoms with Crippen LogP contribution in [0.15, 0.2) is 24.3 Å². The van der Waals surface area contributed by atoms with Gasteiger partial charge in [0.15, 0.2) is 0 Å². The Kier molecular flexibility index (Phi) is 4.36. The average molecular weight is 236 g/mol. The molecular formula is C13H20N2O2. The summed E-state index contributed by atoms with van der Waals surface area (Å²) in [5.41, 5.74) is 7.22. The zero-order valence-electron chi connectivity index (χ0n) is 10.3. The largest absolute Gasteiger partial charge is 0.497 e. The predicted octanol–water partition coefficient (Wildman–Crippen LogP) is 0.855. The van der Waals surface area contributed by atoms with E-state index in [1.807, 2.05) is 12.1 Å². The van der Waals surface area contributed by atoms with Gasteiger partial charge in [-0.05, 0) is 17.7 Å². The first-order valence-electron chi connectivity index (χ1n) is 5.96. The molecule has 1 heterocycles. The minimum Gasteiger partial charge on any atom is -0.497 e. The van der Waals surface area contributed by atoms with Crippen LogP contribution < -0.4 is 10.5 Å². The van der Waals surface area contributed by atoms with Crippen molar-refractivity contribution in [2.24, 2.45) is 5.73 Å². The molecule has 0 radical (unpaired) electrons. The van der Waals surface area contributed by atoms with Crippen molar-refractivity contribution in [2.75, 3.05) is 33.4 Å². The molecule has 4 nitrogen and oxygen atoms in total. The highest BCUT2D eigenvalue weighted by Crippen LogP contribution is 2.13. The standard InChI is InChI=1S/C13H20N2O2/c1-16-13-4-2-11(3-5-13)8-15-6-7-17-10-12(14)9-15/h2-5,12H,6-10,14H2,1H3/t12-/m1/s1. The van der Waals surface area contributed by atoms with E-state index in [2.05, 4.69) is 17.0 Å². The summed E-state index contributed by atoms with van der Waals surface area (Å²) in [5.74, 6) is 0.893. The smallest absolute Gasteiger partial charge is 0.118 e. The third-order valence-electron chi connectivity index (χ3n) is 2.94. The first kappa shape index (κ1) is 12.4. The summed E-state index contributed by atoms with van der Waals surface area (Å²) < 4.78 is 10.6. The molecule has 4 heteroatoms. The van der Waals surface area contributed by atoms with Crippen LogP contribution in [-0.4, -0.2) is 44.4 Å². The molecule has 1 aromatic carbocycles. The zero-order valence-corrected chi connectivity index (χ0v) is 10.3. The van der Waals surface area contributed by atoms with Gasteiger partial charge in [-0.15, -0.1) is 0 Å². The van der Waals surface area contributed by atoms with Crippen molar-refractivity contribution in [1.29, 1.82) is 0 Å². The second-order valence-electron chi connectivity index (χ2n) is 4.42. The van der Waals surface area contributed by atoms with Gasteiger partial charge in [-0.3, -0.25) is 4.90 Å². The number of rotatable bonds is 3. The van der Waals surface area contributed by atoms with E-state index in [4.69, 9.17) is 15.2 Å². The number of ether oxygens (including phenoxy) is 2. The summed E-state index contributed by atoms with van der Waals surface area (Å²) in [5, 5.41) is 0. The third-order valence-corrected chi connectivity index (χ3v) is 2.94. The summed E-state index contributed by atoms with van der Waals surface area (Å²) in [6, 6.07) is 8.29. The predicted molar refractivity (Wildman–Crippen MR) is 67.1 cm³/mol. The monoisotopic (exact) mass is 236 g/mol. The fourth-order valence-electron chi connectivity index (χ4n) is 2.04. The number of hydrogen-bond acceptors (Lipinski definition) is 4. The van der Waals surface area contributed by atoms with Crippen LogP contribution in [0.1, 0.15) is 5.56 Å². The van der Waals surface area contributed by atoms with Crippen LogP contribution >= 0.6 is 0 Å². The molecule has 0 spiro atoms. The van der Waals surface area contributed by atoms with E-state index in [0.29, 0.717) is 6.61 Å². The summed E-state index contributed by atoms with van der Waals surface area (Å²) in [7, 11) is 1.68. The molecule has 0 aliphatic carbocycles. The minimum atomic E-state index is 0.121. The topological polar surface area (TPSA) is 47.7 Å². The molecule has 1 saturated heterocycles. The van der Waals surface area contributed by atoms with Crippen LogP contribution in [0.5, 0.6) is 5.75 Å². The van der Waals surface area contributed by atoms with Crippen molar-refractivity contribution in [3.63, 3.8) is 0 Å². The van der Waals surface area contributed by atoms with E-state index >= 15 is 0 Å². The maximum Gasteiger partial charge on any atom is 0.118 e. The van der Waals surface area contributed by atoms with Crippen molar-refractivity contribution >= 4 is 0 Å². The van der Waals surface area contributed by atoms with Gasteiger partial charge < -0.3 is 15.2 Å². The maximum absolute atomic E-state index is 5.94. The molecule has 1 aliphatic rings. The van der Waals surface area contributed by atoms with Gasteiger partial charge in [0.05, 0.1) is 20.3 Å². The molecule has 0 saturated carbocycles. The quantitative estimate of drug-likeness (QED) is 0.845. The maximum atomic E-state index is 5.94. The van der Waals surface area contributed by atoms with E-state index in [9.17, 15) is 0 Å². The lowest BCUT2D eigenvalue weighted by Crippen LogP contribution is -2.37. The molecule has 1 fully saturated rings. The minimum absolute atomic E-state index is 0.121. The van der Waals surface area contributed by atoms with Crippen molar-refractivity contribution in [3.8, 4) is 5.75 Å². The van der Waals surface area contributed by atoms with E-state index < -0.39 is 0 Å². The molecule has 1 atom stereocenters. The lowest BCUT2D eigenvalue weighted by Gasteiger charge is -2.21. The van der Waals surface area contributed by atoms with Gasteiger partial charge in [0.2, 0.25) is 0 Å². The van der Waals surface area contributed by atoms with Gasteiger partial charge >= 0.3 is 0 Å². The highest BCUT2D eigenvalue weighted by molar-refractivity contribution is 5.27. The number of nitrogens with zero attached hydrogens (tertiary/aromatic N) is 1. The van der Waals surface area contributed by atoms with Crippen molar-refractivity contribution in [2.45, 2.75) is 12.6 Å². The molecule has 1 aliphatic heterocycles. The lowest BCUT2D eigenvalue weighted by atomic mass is 10.2. The molecule has 17 heavy (non-hydrogen) atoms. The van der Waals surface area contributed by atoms with Gasteiger partial charge in [0, 0.05) is 25.7 Å². The normalized spacial score (nSPS) is 22.1. The van der Waals surface area contributed by atoms with Gasteiger partial charge in [-0.2, -0.15) is 0 Å². The second kappa shape index (κ2) is 6.00. The van der Waals surface area contributed by atoms with E-state index in [-0.39, 0.29) is 6.04 Å². The summed E-state index contributed by atoms with van der Waals surface area (Å²) in [6.07, 6.45) is 0. The zero-order chi connectivity index (χ0) is 12.1. The first-order chi connectivity index (χ1) is 8.28. The van der Waals surface area contributed by atoms with Crippen LogP contribution in [0.2, 0.25) is 0 Å². The molecule has 2 rings (SSSR count). The number of hydrogen-bond donors (Lipinski definition) is 1. The Morgan fingerprint density at radius 3 is 2.88 bits per heavy atom. The van der Waals surface area contributed by atoms with Gasteiger partial charge in [-0.1, -0.05) is 12.1 Å². The summed E-state index contributed by atoms with van der Waals surface area (Å²) in [4.78, 5) is 2.33. The molecule has 0 aromatic heterocycles. The van der Waals surface area contributed by atoms with Gasteiger partial charge in [0.25, 0.3) is 0 Å². The Morgan fingerprint density at radius 1 is 1.41 bits per heavy atom. The highest BCUT2D eigenvalue weighted by atomic mass is 16.5. The fraction of sp³-hybridized carbons (Fsp3) is 0.538. The molecule has 0 amide bonds. The average Bonchev–Trinajstić information content (AvgIpc) is 2.55. The number of methoxy groups -OCH3 is 1. The van der Waals surface area contributed by atoms with Crippen LogP contribution in [0, 0.1) is 0 Å². The number of nitrogens with two attached hydrogens (primary N) is 1. The van der Waals surface area contributed by atoms with Gasteiger partial charge in [-0.25, -0.2) is 0 Å². The Labute approximate surface area is 102 Å². The molecular weight excluding hydrogens is 216 g/mol. The summed E-state index contributed by atoms with van der Waals surface area (Å²) in [6.45, 7) is 4.19. The lowest BCUT2D eigenvalue weighted by molar-refractivity contribution is 0.135. The summed E-state index contributed by atoms with van der Waals surface area (Å²) >= 11 is 0. The highest BCUT2D eigenvalue weighted by Gasteiger charge is 2.15. The van der Waals surface area contributed by atoms with Crippen molar-refractivity contribution in [3.05, 3.63) is 29.8 Å². The van der Waals surface area contributed by atoms with E-state index in [1.165, 1.54) is 5.56 Å². The first-order valence-corrected chi connectivity index (χ1v) is 5.96. The molecule has 0 unspecified atom stereocenters. The van der Waals surface area contributed by atoms with E-state index in [1.54, 1.807) is 7.11 Å². The Bertz CT molecular complexity index is 340. The Morgan fingerprint density at radius 2 is 2.18 bits per heavy atom. The molecule has 0 bridgehead atoms. The molecule has 2 N–H and O–H groups in total.